The minimum Gasteiger partial charge on any atom is -0.462 e. The molecule has 0 fully saturated rings. The van der Waals surface area contributed by atoms with Crippen molar-refractivity contribution in [3.63, 3.8) is 0 Å². The van der Waals surface area contributed by atoms with Crippen molar-refractivity contribution in [1.82, 2.24) is 4.98 Å². The summed E-state index contributed by atoms with van der Waals surface area (Å²) in [7, 11) is 0. The van der Waals surface area contributed by atoms with Crippen LogP contribution in [-0.4, -0.2) is 17.6 Å². The van der Waals surface area contributed by atoms with E-state index in [1.165, 1.54) is 6.20 Å². The highest BCUT2D eigenvalue weighted by Gasteiger charge is 2.26. The van der Waals surface area contributed by atoms with Gasteiger partial charge < -0.3 is 10.5 Å². The van der Waals surface area contributed by atoms with Gasteiger partial charge in [-0.1, -0.05) is 0 Å². The van der Waals surface area contributed by atoms with Gasteiger partial charge in [0.05, 0.1) is 17.7 Å². The summed E-state index contributed by atoms with van der Waals surface area (Å²) in [5, 5.41) is 0. The van der Waals surface area contributed by atoms with Gasteiger partial charge in [0, 0.05) is 17.6 Å². The summed E-state index contributed by atoms with van der Waals surface area (Å²) in [4.78, 5) is 15.2. The maximum absolute atomic E-state index is 12.8. The van der Waals surface area contributed by atoms with Gasteiger partial charge in [-0.3, -0.25) is 0 Å². The van der Waals surface area contributed by atoms with Gasteiger partial charge in [-0.05, 0) is 6.92 Å². The molecule has 0 saturated carbocycles. The fourth-order valence-electron chi connectivity index (χ4n) is 1.35. The van der Waals surface area contributed by atoms with Gasteiger partial charge in [0.15, 0.2) is 0 Å². The molecule has 0 radical (unpaired) electrons. The number of rotatable bonds is 4. The van der Waals surface area contributed by atoms with Crippen molar-refractivity contribution in [3.8, 4) is 0 Å². The van der Waals surface area contributed by atoms with Crippen LogP contribution in [0.1, 0.15) is 34.8 Å². The Kier molecular flexibility index (Phi) is 4.62. The zero-order valence-corrected chi connectivity index (χ0v) is 9.80. The first-order chi connectivity index (χ1) is 8.02. The van der Waals surface area contributed by atoms with E-state index in [1.807, 2.05) is 0 Å². The number of halogens is 3. The molecule has 1 heterocycles. The monoisotopic (exact) mass is 264 g/mol. The second kappa shape index (κ2) is 5.77. The first-order valence-electron chi connectivity index (χ1n) is 4.81. The Morgan fingerprint density at radius 1 is 1.65 bits per heavy atom. The van der Waals surface area contributed by atoms with Gasteiger partial charge in [0.2, 0.25) is 0 Å². The van der Waals surface area contributed by atoms with Gasteiger partial charge in [0.25, 0.3) is 6.43 Å². The van der Waals surface area contributed by atoms with Gasteiger partial charge >= 0.3 is 5.97 Å². The van der Waals surface area contributed by atoms with Crippen LogP contribution in [-0.2, 0) is 10.6 Å². The van der Waals surface area contributed by atoms with E-state index < -0.39 is 23.8 Å². The van der Waals surface area contributed by atoms with Crippen molar-refractivity contribution in [1.29, 1.82) is 0 Å². The molecule has 2 N–H and O–H groups in total. The second-order valence-corrected chi connectivity index (χ2v) is 3.38. The van der Waals surface area contributed by atoms with Crippen molar-refractivity contribution in [2.45, 2.75) is 19.2 Å². The summed E-state index contributed by atoms with van der Waals surface area (Å²) in [6.07, 6.45) is -1.72. The summed E-state index contributed by atoms with van der Waals surface area (Å²) in [5.41, 5.74) is 4.60. The van der Waals surface area contributed by atoms with Crippen LogP contribution in [0.15, 0.2) is 6.20 Å². The highest BCUT2D eigenvalue weighted by atomic mass is 35.5. The van der Waals surface area contributed by atoms with E-state index in [0.717, 1.165) is 0 Å². The standard InChI is InChI=1S/C10H11ClF2N2O2/c1-2-17-10(16)6-5(3-11)4-15-9(14)7(6)8(12)13/h4,8H,2-3H2,1H3,(H2,14,15). The van der Waals surface area contributed by atoms with Gasteiger partial charge in [0.1, 0.15) is 5.82 Å². The zero-order chi connectivity index (χ0) is 13.0. The van der Waals surface area contributed by atoms with Gasteiger partial charge in [-0.25, -0.2) is 18.6 Å². The van der Waals surface area contributed by atoms with E-state index in [4.69, 9.17) is 22.1 Å². The first-order valence-corrected chi connectivity index (χ1v) is 5.34. The lowest BCUT2D eigenvalue weighted by Gasteiger charge is -2.13. The number of nitrogens with two attached hydrogens (primary N) is 1. The van der Waals surface area contributed by atoms with Gasteiger partial charge in [-0.2, -0.15) is 0 Å². The Balaban J connectivity index is 3.40. The third-order valence-electron chi connectivity index (χ3n) is 2.07. The topological polar surface area (TPSA) is 65.2 Å². The highest BCUT2D eigenvalue weighted by Crippen LogP contribution is 2.30. The third kappa shape index (κ3) is 2.82. The number of alkyl halides is 3. The molecule has 0 amide bonds. The Bertz CT molecular complexity index is 427. The number of carbonyl (C=O) groups is 1. The molecule has 1 aromatic rings. The Hall–Kier alpha value is -1.43. The van der Waals surface area contributed by atoms with Crippen LogP contribution in [0.4, 0.5) is 14.6 Å². The summed E-state index contributed by atoms with van der Waals surface area (Å²) in [6, 6.07) is 0. The van der Waals surface area contributed by atoms with Crippen LogP contribution in [0.25, 0.3) is 0 Å². The van der Waals surface area contributed by atoms with E-state index in [1.54, 1.807) is 6.92 Å². The molecular weight excluding hydrogens is 254 g/mol. The number of esters is 1. The number of hydrogen-bond acceptors (Lipinski definition) is 4. The number of nitrogens with zero attached hydrogens (tertiary/aromatic N) is 1. The molecule has 94 valence electrons. The lowest BCUT2D eigenvalue weighted by molar-refractivity contribution is 0.0514. The summed E-state index contributed by atoms with van der Waals surface area (Å²) in [6.45, 7) is 1.65. The van der Waals surface area contributed by atoms with Crippen LogP contribution >= 0.6 is 11.6 Å². The van der Waals surface area contributed by atoms with E-state index in [2.05, 4.69) is 4.98 Å². The van der Waals surface area contributed by atoms with E-state index in [9.17, 15) is 13.6 Å². The molecule has 1 rings (SSSR count). The molecule has 0 atom stereocenters. The van der Waals surface area contributed by atoms with Crippen molar-refractivity contribution in [3.05, 3.63) is 22.9 Å². The number of aromatic nitrogens is 1. The zero-order valence-electron chi connectivity index (χ0n) is 9.04. The largest absolute Gasteiger partial charge is 0.462 e. The molecule has 0 aliphatic carbocycles. The summed E-state index contributed by atoms with van der Waals surface area (Å²) >= 11 is 5.57. The highest BCUT2D eigenvalue weighted by molar-refractivity contribution is 6.17. The Morgan fingerprint density at radius 2 is 2.29 bits per heavy atom. The summed E-state index contributed by atoms with van der Waals surface area (Å²) in [5.74, 6) is -1.38. The molecule has 0 bridgehead atoms. The number of anilines is 1. The molecule has 0 spiro atoms. The molecule has 0 aliphatic rings. The maximum atomic E-state index is 12.8. The molecule has 0 unspecified atom stereocenters. The number of pyridine rings is 1. The van der Waals surface area contributed by atoms with Crippen LogP contribution in [0.2, 0.25) is 0 Å². The van der Waals surface area contributed by atoms with E-state index in [0.29, 0.717) is 0 Å². The molecule has 1 aromatic heterocycles. The Labute approximate surface area is 102 Å². The van der Waals surface area contributed by atoms with E-state index >= 15 is 0 Å². The quantitative estimate of drug-likeness (QED) is 0.670. The SMILES string of the molecule is CCOC(=O)c1c(CCl)cnc(N)c1C(F)F. The second-order valence-electron chi connectivity index (χ2n) is 3.11. The van der Waals surface area contributed by atoms with Crippen molar-refractivity contribution >= 4 is 23.4 Å². The smallest absolute Gasteiger partial charge is 0.339 e. The van der Waals surface area contributed by atoms with Crippen molar-refractivity contribution in [2.75, 3.05) is 12.3 Å². The maximum Gasteiger partial charge on any atom is 0.339 e. The number of ether oxygens (including phenoxy) is 1. The number of carbonyl (C=O) groups excluding carboxylic acids is 1. The fourth-order valence-corrected chi connectivity index (χ4v) is 1.55. The van der Waals surface area contributed by atoms with Crippen LogP contribution in [0.3, 0.4) is 0 Å². The van der Waals surface area contributed by atoms with Crippen LogP contribution in [0.5, 0.6) is 0 Å². The van der Waals surface area contributed by atoms with Gasteiger partial charge in [-0.15, -0.1) is 11.6 Å². The third-order valence-corrected chi connectivity index (χ3v) is 2.36. The minimum absolute atomic E-state index is 0.0749. The Morgan fingerprint density at radius 3 is 2.76 bits per heavy atom. The number of nitrogen functional groups attached to an aromatic ring is 1. The predicted molar refractivity (Wildman–Crippen MR) is 59.1 cm³/mol. The predicted octanol–water partition coefficient (Wildman–Crippen LogP) is 2.52. The average molecular weight is 265 g/mol. The first kappa shape index (κ1) is 13.6. The van der Waals surface area contributed by atoms with Crippen LogP contribution < -0.4 is 5.73 Å². The lowest BCUT2D eigenvalue weighted by atomic mass is 10.0. The fraction of sp³-hybridized carbons (Fsp3) is 0.400. The van der Waals surface area contributed by atoms with Crippen molar-refractivity contribution in [2.24, 2.45) is 0 Å². The lowest BCUT2D eigenvalue weighted by Crippen LogP contribution is -2.14. The molecule has 0 aromatic carbocycles. The minimum atomic E-state index is -2.91. The molecule has 4 nitrogen and oxygen atoms in total. The normalized spacial score (nSPS) is 10.6. The van der Waals surface area contributed by atoms with Crippen LogP contribution in [0, 0.1) is 0 Å². The molecule has 0 aliphatic heterocycles. The molecule has 0 saturated heterocycles. The van der Waals surface area contributed by atoms with E-state index in [-0.39, 0.29) is 23.6 Å². The molecular formula is C10H11ClF2N2O2. The van der Waals surface area contributed by atoms with Crippen molar-refractivity contribution < 1.29 is 18.3 Å². The number of hydrogen-bond donors (Lipinski definition) is 1. The average Bonchev–Trinajstić information content (AvgIpc) is 2.28. The summed E-state index contributed by atoms with van der Waals surface area (Å²) < 4.78 is 30.4. The molecule has 17 heavy (non-hydrogen) atoms. The molecule has 7 heteroatoms.